The van der Waals surface area contributed by atoms with Crippen LogP contribution in [0.3, 0.4) is 0 Å². The van der Waals surface area contributed by atoms with Gasteiger partial charge in [-0.25, -0.2) is 15.2 Å². The van der Waals surface area contributed by atoms with Crippen LogP contribution in [0.1, 0.15) is 0 Å². The Morgan fingerprint density at radius 1 is 0.875 bits per heavy atom. The van der Waals surface area contributed by atoms with Gasteiger partial charge in [0.1, 0.15) is 0 Å². The maximum Gasteiger partial charge on any atom is 0.294 e. The molecule has 4 N–H and O–H groups in total. The molecular formula is C18H11N3O8S3. The number of hydrogen-bond donors (Lipinski definition) is 3. The molecule has 0 spiro atoms. The lowest BCUT2D eigenvalue weighted by atomic mass is 10.0. The summed E-state index contributed by atoms with van der Waals surface area (Å²) in [7, 11) is -4.48. The van der Waals surface area contributed by atoms with Gasteiger partial charge in [0.15, 0.2) is 0 Å². The predicted octanol–water partition coefficient (Wildman–Crippen LogP) is 3.93. The van der Waals surface area contributed by atoms with Crippen molar-refractivity contribution in [3.05, 3.63) is 42.5 Å². The van der Waals surface area contributed by atoms with Crippen LogP contribution in [0.4, 0.5) is 0 Å². The molecule has 0 amide bonds. The minimum Gasteiger partial charge on any atom is -0.282 e. The van der Waals surface area contributed by atoms with Crippen molar-refractivity contribution < 1.29 is 36.9 Å². The van der Waals surface area contributed by atoms with Crippen molar-refractivity contribution >= 4 is 56.0 Å². The second-order valence-corrected chi connectivity index (χ2v) is 9.53. The Balaban J connectivity index is 1.77. The zero-order valence-corrected chi connectivity index (χ0v) is 18.0. The van der Waals surface area contributed by atoms with Crippen LogP contribution >= 0.6 is 24.1 Å². The third-order valence-corrected chi connectivity index (χ3v) is 6.75. The maximum atomic E-state index is 11.9. The first-order chi connectivity index (χ1) is 15.4. The van der Waals surface area contributed by atoms with Crippen LogP contribution in [0.5, 0.6) is 0 Å². The summed E-state index contributed by atoms with van der Waals surface area (Å²) in [6.45, 7) is 0. The van der Waals surface area contributed by atoms with Gasteiger partial charge < -0.3 is 0 Å². The number of benzene rings is 3. The van der Waals surface area contributed by atoms with Gasteiger partial charge in [-0.1, -0.05) is 5.04 Å². The van der Waals surface area contributed by atoms with E-state index in [4.69, 9.17) is 16.1 Å². The van der Waals surface area contributed by atoms with Gasteiger partial charge in [-0.3, -0.25) is 4.55 Å². The summed E-state index contributed by atoms with van der Waals surface area (Å²) in [4.78, 5) is 14.4. The lowest BCUT2D eigenvalue weighted by Gasteiger charge is -2.07. The molecular weight excluding hydrogens is 482 g/mol. The smallest absolute Gasteiger partial charge is 0.282 e. The van der Waals surface area contributed by atoms with E-state index in [1.165, 1.54) is 12.1 Å². The number of aromatic nitrogens is 2. The van der Waals surface area contributed by atoms with Gasteiger partial charge in [0, 0.05) is 26.3 Å². The monoisotopic (exact) mass is 493 g/mol. The van der Waals surface area contributed by atoms with Crippen molar-refractivity contribution in [2.75, 3.05) is 0 Å². The van der Waals surface area contributed by atoms with E-state index >= 15 is 0 Å². The van der Waals surface area contributed by atoms with Crippen LogP contribution in [-0.4, -0.2) is 28.2 Å². The van der Waals surface area contributed by atoms with Crippen molar-refractivity contribution in [2.24, 2.45) is 5.90 Å². The molecule has 1 aliphatic carbocycles. The summed E-state index contributed by atoms with van der Waals surface area (Å²) in [5, 5.41) is 13.4. The van der Waals surface area contributed by atoms with Crippen molar-refractivity contribution in [2.45, 2.75) is 14.7 Å². The first-order valence-electron chi connectivity index (χ1n) is 8.66. The minimum atomic E-state index is -4.48. The third-order valence-electron chi connectivity index (χ3n) is 4.77. The summed E-state index contributed by atoms with van der Waals surface area (Å²) >= 11 is 1.61. The molecule has 0 atom stereocenters. The molecule has 14 heteroatoms. The summed E-state index contributed by atoms with van der Waals surface area (Å²) < 4.78 is 42.6. The van der Waals surface area contributed by atoms with Gasteiger partial charge in [-0.15, -0.1) is 13.7 Å². The largest absolute Gasteiger partial charge is 0.294 e. The van der Waals surface area contributed by atoms with E-state index in [9.17, 15) is 13.0 Å². The van der Waals surface area contributed by atoms with E-state index in [0.717, 1.165) is 12.0 Å². The van der Waals surface area contributed by atoms with Crippen molar-refractivity contribution in [3.8, 4) is 22.5 Å². The fraction of sp³-hybridized carbons (Fsp3) is 0. The Kier molecular flexibility index (Phi) is 5.50. The molecule has 1 aliphatic rings. The SMILES string of the molecule is NOOSc1ccc2nc3c(nc2c1)-c1cc(SOOO)cc2cc(S(=O)(=O)O)cc-3c12. The van der Waals surface area contributed by atoms with Gasteiger partial charge in [-0.05, 0) is 47.9 Å². The fourth-order valence-corrected chi connectivity index (χ4v) is 5.00. The Hall–Kier alpha value is -2.37. The first-order valence-corrected chi connectivity index (χ1v) is 11.6. The van der Waals surface area contributed by atoms with Gasteiger partial charge >= 0.3 is 0 Å². The molecule has 32 heavy (non-hydrogen) atoms. The molecule has 0 saturated carbocycles. The Morgan fingerprint density at radius 2 is 1.59 bits per heavy atom. The van der Waals surface area contributed by atoms with Crippen molar-refractivity contribution in [1.82, 2.24) is 9.97 Å². The summed E-state index contributed by atoms with van der Waals surface area (Å²) in [6.07, 6.45) is 0. The maximum absolute atomic E-state index is 11.9. The zero-order valence-electron chi connectivity index (χ0n) is 15.6. The Morgan fingerprint density at radius 3 is 2.31 bits per heavy atom. The molecule has 0 unspecified atom stereocenters. The fourth-order valence-electron chi connectivity index (χ4n) is 3.61. The topological polar surface area (TPSA) is 163 Å². The van der Waals surface area contributed by atoms with Crippen molar-refractivity contribution in [1.29, 1.82) is 0 Å². The Labute approximate surface area is 188 Å². The second-order valence-electron chi connectivity index (χ2n) is 6.56. The minimum absolute atomic E-state index is 0.284. The number of nitrogens with zero attached hydrogens (tertiary/aromatic N) is 2. The van der Waals surface area contributed by atoms with Crippen molar-refractivity contribution in [3.63, 3.8) is 0 Å². The van der Waals surface area contributed by atoms with Crippen LogP contribution in [0.2, 0.25) is 0 Å². The highest BCUT2D eigenvalue weighted by atomic mass is 32.2. The summed E-state index contributed by atoms with van der Waals surface area (Å²) in [6, 6.07) is 11.3. The van der Waals surface area contributed by atoms with Crippen LogP contribution in [0, 0.1) is 0 Å². The Bertz CT molecular complexity index is 1500. The molecule has 0 aliphatic heterocycles. The average Bonchev–Trinajstić information content (AvgIpc) is 3.07. The van der Waals surface area contributed by atoms with E-state index in [2.05, 4.69) is 23.7 Å². The standard InChI is InChI=1S/C18H11N3O8S3/c19-26-28-30-9-1-2-14-15(6-9)21-17-12-5-10(31-29-27-22)3-8-4-11(32(23,24)25)7-13(16(8)12)18(17)20-14/h1-7,22H,19H2,(H,23,24,25). The zero-order chi connectivity index (χ0) is 22.5. The van der Waals surface area contributed by atoms with Crippen LogP contribution in [0.15, 0.2) is 57.2 Å². The molecule has 0 bridgehead atoms. The highest BCUT2D eigenvalue weighted by Gasteiger charge is 2.28. The molecule has 0 fully saturated rings. The van der Waals surface area contributed by atoms with E-state index in [0.29, 0.717) is 66.2 Å². The first kappa shape index (κ1) is 21.5. The molecule has 1 aromatic heterocycles. The third kappa shape index (κ3) is 3.71. The molecule has 164 valence electrons. The highest BCUT2D eigenvalue weighted by molar-refractivity contribution is 7.94. The normalized spacial score (nSPS) is 12.6. The molecule has 0 saturated heterocycles. The highest BCUT2D eigenvalue weighted by Crippen LogP contribution is 2.48. The van der Waals surface area contributed by atoms with Gasteiger partial charge in [0.25, 0.3) is 10.1 Å². The molecule has 0 radical (unpaired) electrons. The van der Waals surface area contributed by atoms with Gasteiger partial charge in [0.2, 0.25) is 0 Å². The van der Waals surface area contributed by atoms with Gasteiger partial charge in [0.05, 0.1) is 51.4 Å². The van der Waals surface area contributed by atoms with E-state index in [1.54, 1.807) is 30.3 Å². The average molecular weight is 494 g/mol. The molecule has 4 aromatic rings. The van der Waals surface area contributed by atoms with Crippen LogP contribution in [-0.2, 0) is 28.8 Å². The quantitative estimate of drug-likeness (QED) is 0.129. The number of nitrogens with two attached hydrogens (primary N) is 1. The van der Waals surface area contributed by atoms with E-state index < -0.39 is 10.1 Å². The summed E-state index contributed by atoms with van der Waals surface area (Å²) in [5.74, 6) is 4.88. The number of rotatable bonds is 7. The molecule has 3 aromatic carbocycles. The number of hydrogen-bond acceptors (Lipinski definition) is 12. The van der Waals surface area contributed by atoms with E-state index in [1.807, 2.05) is 0 Å². The predicted molar refractivity (Wildman–Crippen MR) is 114 cm³/mol. The number of fused-ring (bicyclic) bond motifs is 4. The molecule has 11 nitrogen and oxygen atoms in total. The van der Waals surface area contributed by atoms with E-state index in [-0.39, 0.29) is 4.90 Å². The summed E-state index contributed by atoms with van der Waals surface area (Å²) in [5.41, 5.74) is 3.28. The van der Waals surface area contributed by atoms with Crippen LogP contribution < -0.4 is 5.90 Å². The lowest BCUT2D eigenvalue weighted by Crippen LogP contribution is -1.98. The van der Waals surface area contributed by atoms with Gasteiger partial charge in [-0.2, -0.15) is 14.3 Å². The van der Waals surface area contributed by atoms with Crippen LogP contribution in [0.25, 0.3) is 44.3 Å². The lowest BCUT2D eigenvalue weighted by molar-refractivity contribution is -0.432. The molecule has 1 heterocycles. The second kappa shape index (κ2) is 8.20. The molecule has 5 rings (SSSR count).